The van der Waals surface area contributed by atoms with Crippen LogP contribution in [0.1, 0.15) is 34.5 Å². The van der Waals surface area contributed by atoms with Gasteiger partial charge in [0, 0.05) is 18.3 Å². The van der Waals surface area contributed by atoms with Crippen molar-refractivity contribution in [3.63, 3.8) is 0 Å². The normalized spacial score (nSPS) is 14.2. The Morgan fingerprint density at radius 3 is 2.80 bits per heavy atom. The number of nitrogens with two attached hydrogens (primary N) is 1. The van der Waals surface area contributed by atoms with Crippen LogP contribution >= 0.6 is 0 Å². The number of carbonyl (C=O) groups is 1. The molecule has 2 aromatic rings. The number of hydrogen-bond acceptors (Lipinski definition) is 3. The van der Waals surface area contributed by atoms with Crippen molar-refractivity contribution >= 4 is 11.6 Å². The Morgan fingerprint density at radius 1 is 1.40 bits per heavy atom. The van der Waals surface area contributed by atoms with Crippen LogP contribution in [0, 0.1) is 6.92 Å². The number of aryl methyl sites for hydroxylation is 1. The van der Waals surface area contributed by atoms with Crippen LogP contribution in [-0.2, 0) is 6.54 Å². The zero-order chi connectivity index (χ0) is 14.1. The zero-order valence-electron chi connectivity index (χ0n) is 11.5. The minimum atomic E-state index is 0.0341. The highest BCUT2D eigenvalue weighted by atomic mass is 16.3. The molecule has 104 valence electrons. The molecule has 0 bridgehead atoms. The summed E-state index contributed by atoms with van der Waals surface area (Å²) in [4.78, 5) is 14.5. The summed E-state index contributed by atoms with van der Waals surface area (Å²) >= 11 is 0. The fourth-order valence-corrected chi connectivity index (χ4v) is 2.36. The average Bonchev–Trinajstić information content (AvgIpc) is 3.17. The number of rotatable bonds is 4. The van der Waals surface area contributed by atoms with E-state index < -0.39 is 0 Å². The van der Waals surface area contributed by atoms with Crippen LogP contribution in [0.15, 0.2) is 41.0 Å². The Bertz CT molecular complexity index is 629. The molecular formula is C16H18N2O2. The maximum atomic E-state index is 12.6. The molecule has 1 aromatic heterocycles. The maximum Gasteiger partial charge on any atom is 0.257 e. The van der Waals surface area contributed by atoms with Gasteiger partial charge in [-0.15, -0.1) is 0 Å². The molecule has 20 heavy (non-hydrogen) atoms. The van der Waals surface area contributed by atoms with Gasteiger partial charge in [-0.2, -0.15) is 0 Å². The molecule has 4 nitrogen and oxygen atoms in total. The molecule has 1 aliphatic rings. The van der Waals surface area contributed by atoms with Crippen LogP contribution < -0.4 is 5.73 Å². The van der Waals surface area contributed by atoms with E-state index in [0.717, 1.165) is 29.9 Å². The quantitative estimate of drug-likeness (QED) is 0.869. The molecular weight excluding hydrogens is 252 g/mol. The molecule has 0 radical (unpaired) electrons. The summed E-state index contributed by atoms with van der Waals surface area (Å²) in [5.41, 5.74) is 8.21. The van der Waals surface area contributed by atoms with E-state index in [2.05, 4.69) is 0 Å². The third-order valence-corrected chi connectivity index (χ3v) is 3.53. The smallest absolute Gasteiger partial charge is 0.257 e. The number of nitrogens with zero attached hydrogens (tertiary/aromatic N) is 1. The van der Waals surface area contributed by atoms with E-state index in [1.807, 2.05) is 36.1 Å². The number of hydrogen-bond donors (Lipinski definition) is 1. The van der Waals surface area contributed by atoms with E-state index in [1.54, 1.807) is 6.07 Å². The van der Waals surface area contributed by atoms with E-state index >= 15 is 0 Å². The van der Waals surface area contributed by atoms with Crippen molar-refractivity contribution in [3.05, 3.63) is 53.5 Å². The molecule has 1 heterocycles. The summed E-state index contributed by atoms with van der Waals surface area (Å²) in [5.74, 6) is 0.792. The van der Waals surface area contributed by atoms with Gasteiger partial charge >= 0.3 is 0 Å². The average molecular weight is 270 g/mol. The van der Waals surface area contributed by atoms with Crippen molar-refractivity contribution in [1.82, 2.24) is 4.90 Å². The number of benzene rings is 1. The summed E-state index contributed by atoms with van der Waals surface area (Å²) in [6, 6.07) is 9.83. The standard InChI is InChI=1S/C16H18N2O2/c1-11-7-13(10-20-11)16(19)18(15-5-6-15)9-12-3-2-4-14(17)8-12/h2-4,7-8,10,15H,5-6,9,17H2,1H3. The van der Waals surface area contributed by atoms with E-state index in [4.69, 9.17) is 10.2 Å². The van der Waals surface area contributed by atoms with Gasteiger partial charge < -0.3 is 15.1 Å². The molecule has 1 aromatic carbocycles. The topological polar surface area (TPSA) is 59.5 Å². The summed E-state index contributed by atoms with van der Waals surface area (Å²) in [6.45, 7) is 2.44. The second kappa shape index (κ2) is 5.04. The summed E-state index contributed by atoms with van der Waals surface area (Å²) in [6.07, 6.45) is 3.68. The molecule has 3 rings (SSSR count). The minimum absolute atomic E-state index is 0.0341. The number of nitrogen functional groups attached to an aromatic ring is 1. The van der Waals surface area contributed by atoms with Gasteiger partial charge in [-0.25, -0.2) is 0 Å². The van der Waals surface area contributed by atoms with Crippen LogP contribution in [0.25, 0.3) is 0 Å². The van der Waals surface area contributed by atoms with Gasteiger partial charge in [0.25, 0.3) is 5.91 Å². The molecule has 0 saturated heterocycles. The Balaban J connectivity index is 1.81. The van der Waals surface area contributed by atoms with Crippen LogP contribution in [0.5, 0.6) is 0 Å². The fraction of sp³-hybridized carbons (Fsp3) is 0.312. The van der Waals surface area contributed by atoms with Crippen molar-refractivity contribution in [2.24, 2.45) is 0 Å². The van der Waals surface area contributed by atoms with E-state index in [0.29, 0.717) is 18.2 Å². The van der Waals surface area contributed by atoms with Crippen molar-refractivity contribution < 1.29 is 9.21 Å². The molecule has 1 fully saturated rings. The van der Waals surface area contributed by atoms with Gasteiger partial charge in [0.1, 0.15) is 12.0 Å². The van der Waals surface area contributed by atoms with Gasteiger partial charge in [-0.05, 0) is 43.5 Å². The summed E-state index contributed by atoms with van der Waals surface area (Å²) in [5, 5.41) is 0. The second-order valence-corrected chi connectivity index (χ2v) is 5.36. The Hall–Kier alpha value is -2.23. The van der Waals surface area contributed by atoms with Crippen molar-refractivity contribution in [2.45, 2.75) is 32.4 Å². The highest BCUT2D eigenvalue weighted by molar-refractivity contribution is 5.94. The first-order chi connectivity index (χ1) is 9.63. The highest BCUT2D eigenvalue weighted by Crippen LogP contribution is 2.30. The number of furan rings is 1. The van der Waals surface area contributed by atoms with Gasteiger partial charge in [0.2, 0.25) is 0 Å². The molecule has 0 atom stereocenters. The lowest BCUT2D eigenvalue weighted by molar-refractivity contribution is 0.0729. The van der Waals surface area contributed by atoms with Crippen LogP contribution in [-0.4, -0.2) is 16.8 Å². The predicted molar refractivity (Wildman–Crippen MR) is 77.2 cm³/mol. The van der Waals surface area contributed by atoms with E-state index in [-0.39, 0.29) is 5.91 Å². The molecule has 0 spiro atoms. The second-order valence-electron chi connectivity index (χ2n) is 5.36. The maximum absolute atomic E-state index is 12.6. The molecule has 2 N–H and O–H groups in total. The molecule has 0 unspecified atom stereocenters. The monoisotopic (exact) mass is 270 g/mol. The summed E-state index contributed by atoms with van der Waals surface area (Å²) in [7, 11) is 0. The van der Waals surface area contributed by atoms with Crippen molar-refractivity contribution in [3.8, 4) is 0 Å². The third kappa shape index (κ3) is 2.69. The zero-order valence-corrected chi connectivity index (χ0v) is 11.5. The van der Waals surface area contributed by atoms with Crippen LogP contribution in [0.4, 0.5) is 5.69 Å². The van der Waals surface area contributed by atoms with Crippen LogP contribution in [0.3, 0.4) is 0 Å². The molecule has 1 aliphatic carbocycles. The van der Waals surface area contributed by atoms with Gasteiger partial charge in [0.05, 0.1) is 5.56 Å². The Morgan fingerprint density at radius 2 is 2.20 bits per heavy atom. The van der Waals surface area contributed by atoms with Gasteiger partial charge in [-0.1, -0.05) is 12.1 Å². The molecule has 1 amide bonds. The van der Waals surface area contributed by atoms with Gasteiger partial charge in [-0.3, -0.25) is 4.79 Å². The molecule has 4 heteroatoms. The summed E-state index contributed by atoms with van der Waals surface area (Å²) < 4.78 is 5.24. The van der Waals surface area contributed by atoms with Crippen molar-refractivity contribution in [2.75, 3.05) is 5.73 Å². The first kappa shape index (κ1) is 12.8. The van der Waals surface area contributed by atoms with Gasteiger partial charge in [0.15, 0.2) is 0 Å². The number of amides is 1. The third-order valence-electron chi connectivity index (χ3n) is 3.53. The SMILES string of the molecule is Cc1cc(C(=O)N(Cc2cccc(N)c2)C2CC2)co1. The number of anilines is 1. The lowest BCUT2D eigenvalue weighted by atomic mass is 10.1. The Labute approximate surface area is 118 Å². The molecule has 0 aliphatic heterocycles. The Kier molecular flexibility index (Phi) is 3.22. The lowest BCUT2D eigenvalue weighted by Crippen LogP contribution is -2.32. The lowest BCUT2D eigenvalue weighted by Gasteiger charge is -2.22. The largest absolute Gasteiger partial charge is 0.469 e. The fourth-order valence-electron chi connectivity index (χ4n) is 2.36. The van der Waals surface area contributed by atoms with E-state index in [1.165, 1.54) is 6.26 Å². The first-order valence-electron chi connectivity index (χ1n) is 6.84. The predicted octanol–water partition coefficient (Wildman–Crippen LogP) is 2.98. The highest BCUT2D eigenvalue weighted by Gasteiger charge is 2.33. The van der Waals surface area contributed by atoms with Crippen molar-refractivity contribution in [1.29, 1.82) is 0 Å². The minimum Gasteiger partial charge on any atom is -0.469 e. The van der Waals surface area contributed by atoms with E-state index in [9.17, 15) is 4.79 Å². The van der Waals surface area contributed by atoms with Crippen LogP contribution in [0.2, 0.25) is 0 Å². The number of carbonyl (C=O) groups excluding carboxylic acids is 1. The first-order valence-corrected chi connectivity index (χ1v) is 6.84. The molecule has 1 saturated carbocycles.